The van der Waals surface area contributed by atoms with Crippen molar-refractivity contribution in [2.45, 2.75) is 65.0 Å². The van der Waals surface area contributed by atoms with E-state index >= 15 is 0 Å². The van der Waals surface area contributed by atoms with Crippen molar-refractivity contribution in [1.29, 1.82) is 0 Å². The minimum absolute atomic E-state index is 0.213. The van der Waals surface area contributed by atoms with Crippen molar-refractivity contribution in [2.24, 2.45) is 5.92 Å². The van der Waals surface area contributed by atoms with Crippen LogP contribution in [0.25, 0.3) is 0 Å². The molecule has 0 saturated carbocycles. The zero-order valence-electron chi connectivity index (χ0n) is 21.7. The van der Waals surface area contributed by atoms with Gasteiger partial charge in [-0.05, 0) is 68.5 Å². The molecule has 3 N–H and O–H groups in total. The Hall–Kier alpha value is -2.88. The molecule has 2 heterocycles. The number of anilines is 2. The fourth-order valence-corrected chi connectivity index (χ4v) is 4.58. The van der Waals surface area contributed by atoms with E-state index in [1.807, 2.05) is 18.7 Å². The molecule has 0 amide bonds. The average Bonchev–Trinajstić information content (AvgIpc) is 3.16. The van der Waals surface area contributed by atoms with Gasteiger partial charge in [0.15, 0.2) is 0 Å². The van der Waals surface area contributed by atoms with Crippen LogP contribution in [-0.2, 0) is 23.1 Å². The highest BCUT2D eigenvalue weighted by molar-refractivity contribution is 7.85. The van der Waals surface area contributed by atoms with Crippen LogP contribution in [-0.4, -0.2) is 36.3 Å². The van der Waals surface area contributed by atoms with Gasteiger partial charge in [0, 0.05) is 42.1 Å². The third-order valence-corrected chi connectivity index (χ3v) is 7.13. The number of nitrogens with one attached hydrogen (secondary N) is 1. The number of rotatable bonds is 7. The van der Waals surface area contributed by atoms with Crippen LogP contribution in [0.3, 0.4) is 0 Å². The molecule has 0 aliphatic carbocycles. The molecule has 1 aliphatic rings. The average molecular weight is 516 g/mol. The van der Waals surface area contributed by atoms with Crippen molar-refractivity contribution >= 4 is 21.5 Å². The first kappa shape index (κ1) is 27.7. The first-order valence-electron chi connectivity index (χ1n) is 12.3. The number of hydrogen-bond acceptors (Lipinski definition) is 7. The van der Waals surface area contributed by atoms with Crippen LogP contribution in [0.4, 0.5) is 11.4 Å². The number of aliphatic hydroxyl groups excluding tert-OH is 1. The second-order valence-electron chi connectivity index (χ2n) is 9.55. The molecule has 0 saturated heterocycles. The second kappa shape index (κ2) is 11.9. The first-order chi connectivity index (χ1) is 17.0. The van der Waals surface area contributed by atoms with Crippen LogP contribution in [0, 0.1) is 19.8 Å². The monoisotopic (exact) mass is 515 g/mol. The second-order valence-corrected chi connectivity index (χ2v) is 11.0. The smallest absolute Gasteiger partial charge is 0.294 e. The van der Waals surface area contributed by atoms with Gasteiger partial charge in [-0.1, -0.05) is 38.1 Å². The van der Waals surface area contributed by atoms with Crippen LogP contribution in [0.5, 0.6) is 0 Å². The summed E-state index contributed by atoms with van der Waals surface area (Å²) in [4.78, 5) is 1.83. The molecule has 1 atom stereocenters. The Kier molecular flexibility index (Phi) is 9.16. The number of nitrogens with zero attached hydrogens (tertiary/aromatic N) is 2. The summed E-state index contributed by atoms with van der Waals surface area (Å²) in [6, 6.07) is 13.0. The van der Waals surface area contributed by atoms with Crippen molar-refractivity contribution < 1.29 is 22.6 Å². The largest absolute Gasteiger partial charge is 0.388 e. The zero-order valence-corrected chi connectivity index (χ0v) is 22.5. The summed E-state index contributed by atoms with van der Waals surface area (Å²) in [5, 5.41) is 17.5. The summed E-state index contributed by atoms with van der Waals surface area (Å²) in [5.74, 6) is 1.44. The summed E-state index contributed by atoms with van der Waals surface area (Å²) in [7, 11) is -4.30. The predicted octanol–water partition coefficient (Wildman–Crippen LogP) is 5.30. The lowest BCUT2D eigenvalue weighted by atomic mass is 9.98. The molecule has 0 fully saturated rings. The summed E-state index contributed by atoms with van der Waals surface area (Å²) >= 11 is 0. The third-order valence-electron chi connectivity index (χ3n) is 6.28. The fraction of sp³-hybridized carbons (Fsp3) is 0.444. The van der Waals surface area contributed by atoms with Crippen LogP contribution < -0.4 is 10.2 Å². The molecule has 9 heteroatoms. The molecule has 1 aromatic heterocycles. The highest BCUT2D eigenvalue weighted by atomic mass is 32.2. The van der Waals surface area contributed by atoms with E-state index in [0.717, 1.165) is 35.7 Å². The Morgan fingerprint density at radius 1 is 1.17 bits per heavy atom. The van der Waals surface area contributed by atoms with E-state index in [-0.39, 0.29) is 4.90 Å². The molecular weight excluding hydrogens is 478 g/mol. The highest BCUT2D eigenvalue weighted by Crippen LogP contribution is 2.36. The molecule has 2 aromatic carbocycles. The van der Waals surface area contributed by atoms with Crippen LogP contribution in [0.1, 0.15) is 61.4 Å². The van der Waals surface area contributed by atoms with E-state index in [2.05, 4.69) is 55.5 Å². The van der Waals surface area contributed by atoms with Gasteiger partial charge in [-0.25, -0.2) is 0 Å². The van der Waals surface area contributed by atoms with Crippen LogP contribution in [0.15, 0.2) is 51.9 Å². The van der Waals surface area contributed by atoms with E-state index in [1.54, 1.807) is 6.07 Å². The van der Waals surface area contributed by atoms with Crippen molar-refractivity contribution in [3.05, 3.63) is 70.6 Å². The van der Waals surface area contributed by atoms with Gasteiger partial charge in [0.1, 0.15) is 5.76 Å². The maximum absolute atomic E-state index is 11.3. The van der Waals surface area contributed by atoms with E-state index < -0.39 is 16.2 Å². The first-order valence-corrected chi connectivity index (χ1v) is 13.7. The van der Waals surface area contributed by atoms with Crippen molar-refractivity contribution in [3.8, 4) is 0 Å². The minimum Gasteiger partial charge on any atom is -0.388 e. The zero-order chi connectivity index (χ0) is 26.5. The SMILES string of the molecule is CCc1ccc(NCC(C)C)cc1.Cc1noc(C)c1CN1CCC(O)c2cc(S(=O)(=O)O)ccc21. The van der Waals surface area contributed by atoms with Gasteiger partial charge in [0.05, 0.1) is 16.7 Å². The van der Waals surface area contributed by atoms with Gasteiger partial charge < -0.3 is 19.8 Å². The standard InChI is InChI=1S/C15H18N2O5S.C12H19N/c1-9-13(10(2)22-16-9)8-17-6-5-15(18)12-7-11(23(19,20)21)3-4-14(12)17;1-4-11-5-7-12(8-6-11)13-9-10(2)3/h3-4,7,15,18H,5-6,8H2,1-2H3,(H,19,20,21);5-8,10,13H,4,9H2,1-3H3. The van der Waals surface area contributed by atoms with E-state index in [1.165, 1.54) is 23.4 Å². The topological polar surface area (TPSA) is 116 Å². The van der Waals surface area contributed by atoms with Crippen molar-refractivity contribution in [2.75, 3.05) is 23.3 Å². The minimum atomic E-state index is -4.30. The Balaban J connectivity index is 0.000000236. The number of aryl methyl sites for hydroxylation is 3. The molecule has 0 bridgehead atoms. The molecule has 3 aromatic rings. The Labute approximate surface area is 214 Å². The van der Waals surface area contributed by atoms with E-state index in [4.69, 9.17) is 4.52 Å². The number of aromatic nitrogens is 1. The summed E-state index contributed by atoms with van der Waals surface area (Å²) in [6.07, 6.45) is 0.836. The molecule has 0 radical (unpaired) electrons. The number of benzene rings is 2. The molecule has 1 unspecified atom stereocenters. The molecule has 1 aliphatic heterocycles. The van der Waals surface area contributed by atoms with Crippen molar-refractivity contribution in [3.63, 3.8) is 0 Å². The lowest BCUT2D eigenvalue weighted by molar-refractivity contribution is 0.163. The lowest BCUT2D eigenvalue weighted by Gasteiger charge is -2.34. The third kappa shape index (κ3) is 7.09. The van der Waals surface area contributed by atoms with Gasteiger partial charge in [0.2, 0.25) is 0 Å². The molecule has 8 nitrogen and oxygen atoms in total. The van der Waals surface area contributed by atoms with Gasteiger partial charge in [0.25, 0.3) is 10.1 Å². The fourth-order valence-electron chi connectivity index (χ4n) is 4.07. The van der Waals surface area contributed by atoms with Gasteiger partial charge in [-0.2, -0.15) is 8.42 Å². The highest BCUT2D eigenvalue weighted by Gasteiger charge is 2.27. The Morgan fingerprint density at radius 3 is 2.42 bits per heavy atom. The van der Waals surface area contributed by atoms with Crippen LogP contribution in [0.2, 0.25) is 0 Å². The molecule has 36 heavy (non-hydrogen) atoms. The van der Waals surface area contributed by atoms with E-state index in [9.17, 15) is 18.1 Å². The summed E-state index contributed by atoms with van der Waals surface area (Å²) in [6.45, 7) is 12.6. The molecule has 0 spiro atoms. The van der Waals surface area contributed by atoms with Crippen molar-refractivity contribution in [1.82, 2.24) is 5.16 Å². The van der Waals surface area contributed by atoms with Gasteiger partial charge >= 0.3 is 0 Å². The number of fused-ring (bicyclic) bond motifs is 1. The maximum atomic E-state index is 11.3. The predicted molar refractivity (Wildman–Crippen MR) is 142 cm³/mol. The quantitative estimate of drug-likeness (QED) is 0.363. The maximum Gasteiger partial charge on any atom is 0.294 e. The van der Waals surface area contributed by atoms with Gasteiger partial charge in [-0.15, -0.1) is 0 Å². The summed E-state index contributed by atoms with van der Waals surface area (Å²) in [5.41, 5.74) is 5.66. The molecular formula is C27H37N3O5S. The number of aliphatic hydroxyl groups is 1. The van der Waals surface area contributed by atoms with E-state index in [0.29, 0.717) is 31.0 Å². The molecule has 4 rings (SSSR count). The lowest BCUT2D eigenvalue weighted by Crippen LogP contribution is -2.31. The van der Waals surface area contributed by atoms with Gasteiger partial charge in [-0.3, -0.25) is 4.55 Å². The summed E-state index contributed by atoms with van der Waals surface area (Å²) < 4.78 is 36.9. The Morgan fingerprint density at radius 2 is 1.86 bits per heavy atom. The normalized spacial score (nSPS) is 15.3. The van der Waals surface area contributed by atoms with Crippen LogP contribution >= 0.6 is 0 Å². The Bertz CT molecular complexity index is 1230. The number of hydrogen-bond donors (Lipinski definition) is 3. The molecule has 196 valence electrons.